The van der Waals surface area contributed by atoms with Gasteiger partial charge in [-0.2, -0.15) is 5.10 Å². The Morgan fingerprint density at radius 2 is 1.90 bits per heavy atom. The summed E-state index contributed by atoms with van der Waals surface area (Å²) in [7, 11) is 1.57. The molecule has 7 heteroatoms. The molecule has 2 aromatic heterocycles. The molecular formula is C22H22N4O3. The number of amides is 1. The standard InChI is InChI=1S/C22H22N4O3/c1-29-15-6-7-18(23-12-15)21(28)24-14-10-22(11-14)8-13(9-22)19-16-4-2-3-5-17(16)20(27)26-25-19/h2-7,12-14H,8-11H2,1H3,(H,24,28)(H,26,27)/t13-,14-,22?. The monoisotopic (exact) mass is 390 g/mol. The molecule has 0 bridgehead atoms. The minimum Gasteiger partial charge on any atom is -0.495 e. The van der Waals surface area contributed by atoms with Crippen LogP contribution in [-0.2, 0) is 0 Å². The molecule has 2 aliphatic carbocycles. The average Bonchev–Trinajstić information content (AvgIpc) is 2.70. The lowest BCUT2D eigenvalue weighted by Crippen LogP contribution is -2.55. The molecule has 1 aromatic carbocycles. The maximum Gasteiger partial charge on any atom is 0.272 e. The number of nitrogens with one attached hydrogen (secondary N) is 2. The number of H-pyrrole nitrogens is 1. The van der Waals surface area contributed by atoms with Gasteiger partial charge in [-0.3, -0.25) is 9.59 Å². The van der Waals surface area contributed by atoms with Crippen molar-refractivity contribution in [2.45, 2.75) is 37.6 Å². The van der Waals surface area contributed by atoms with Gasteiger partial charge in [0.2, 0.25) is 0 Å². The molecule has 7 nitrogen and oxygen atoms in total. The van der Waals surface area contributed by atoms with Crippen molar-refractivity contribution in [3.8, 4) is 5.75 Å². The number of ether oxygens (including phenoxy) is 1. The third-order valence-corrected chi connectivity index (χ3v) is 6.37. The predicted octanol–water partition coefficient (Wildman–Crippen LogP) is 2.78. The number of carbonyl (C=O) groups is 1. The zero-order valence-corrected chi connectivity index (χ0v) is 16.1. The number of aromatic amines is 1. The van der Waals surface area contributed by atoms with E-state index in [0.717, 1.165) is 36.8 Å². The highest BCUT2D eigenvalue weighted by Gasteiger charge is 2.54. The van der Waals surface area contributed by atoms with Crippen LogP contribution in [0.3, 0.4) is 0 Å². The van der Waals surface area contributed by atoms with E-state index >= 15 is 0 Å². The number of benzene rings is 1. The zero-order valence-electron chi connectivity index (χ0n) is 16.1. The van der Waals surface area contributed by atoms with Crippen LogP contribution in [0.5, 0.6) is 5.75 Å². The molecule has 5 rings (SSSR count). The van der Waals surface area contributed by atoms with Crippen LogP contribution in [0.1, 0.15) is 47.8 Å². The van der Waals surface area contributed by atoms with Crippen LogP contribution in [0.25, 0.3) is 10.8 Å². The van der Waals surface area contributed by atoms with Gasteiger partial charge in [-0.05, 0) is 49.3 Å². The first-order valence-corrected chi connectivity index (χ1v) is 9.85. The molecule has 3 aromatic rings. The number of hydrogen-bond donors (Lipinski definition) is 2. The maximum atomic E-state index is 12.4. The summed E-state index contributed by atoms with van der Waals surface area (Å²) < 4.78 is 5.07. The number of methoxy groups -OCH3 is 1. The van der Waals surface area contributed by atoms with Gasteiger partial charge in [0.25, 0.3) is 11.5 Å². The molecule has 1 spiro atoms. The summed E-state index contributed by atoms with van der Waals surface area (Å²) in [6, 6.07) is 11.2. The van der Waals surface area contributed by atoms with E-state index in [2.05, 4.69) is 20.5 Å². The van der Waals surface area contributed by atoms with Crippen molar-refractivity contribution in [1.82, 2.24) is 20.5 Å². The second-order valence-corrected chi connectivity index (χ2v) is 8.25. The van der Waals surface area contributed by atoms with Crippen LogP contribution in [0.4, 0.5) is 0 Å². The Balaban J connectivity index is 1.20. The van der Waals surface area contributed by atoms with Gasteiger partial charge in [0.1, 0.15) is 11.4 Å². The number of aromatic nitrogens is 3. The van der Waals surface area contributed by atoms with E-state index in [0.29, 0.717) is 22.7 Å². The largest absolute Gasteiger partial charge is 0.495 e. The van der Waals surface area contributed by atoms with Crippen LogP contribution >= 0.6 is 0 Å². The smallest absolute Gasteiger partial charge is 0.272 e. The van der Waals surface area contributed by atoms with Crippen LogP contribution in [0.2, 0.25) is 0 Å². The summed E-state index contributed by atoms with van der Waals surface area (Å²) in [6.45, 7) is 0. The van der Waals surface area contributed by atoms with Crippen LogP contribution in [-0.4, -0.2) is 34.2 Å². The van der Waals surface area contributed by atoms with E-state index in [9.17, 15) is 9.59 Å². The third kappa shape index (κ3) is 3.06. The molecule has 1 amide bonds. The van der Waals surface area contributed by atoms with Crippen molar-refractivity contribution in [2.24, 2.45) is 5.41 Å². The highest BCUT2D eigenvalue weighted by Crippen LogP contribution is 2.62. The van der Waals surface area contributed by atoms with Gasteiger partial charge in [0, 0.05) is 17.3 Å². The number of fused-ring (bicyclic) bond motifs is 1. The molecule has 2 heterocycles. The molecule has 2 N–H and O–H groups in total. The number of nitrogens with zero attached hydrogens (tertiary/aromatic N) is 2. The Morgan fingerprint density at radius 3 is 2.59 bits per heavy atom. The predicted molar refractivity (Wildman–Crippen MR) is 108 cm³/mol. The van der Waals surface area contributed by atoms with E-state index in [1.54, 1.807) is 25.4 Å². The Bertz CT molecular complexity index is 1120. The van der Waals surface area contributed by atoms with E-state index in [4.69, 9.17) is 4.74 Å². The molecule has 2 fully saturated rings. The van der Waals surface area contributed by atoms with E-state index in [1.807, 2.05) is 24.3 Å². The highest BCUT2D eigenvalue weighted by molar-refractivity contribution is 5.92. The topological polar surface area (TPSA) is 97.0 Å². The SMILES string of the molecule is COc1ccc(C(=O)N[C@H]2CC3(C2)C[C@H](c2n[nH]c(=O)c4ccccc42)C3)nc1. The summed E-state index contributed by atoms with van der Waals surface area (Å²) in [5.41, 5.74) is 1.54. The van der Waals surface area contributed by atoms with Gasteiger partial charge in [0.15, 0.2) is 0 Å². The Labute approximate surface area is 167 Å². The van der Waals surface area contributed by atoms with Crippen molar-refractivity contribution in [3.63, 3.8) is 0 Å². The second kappa shape index (κ2) is 6.69. The molecule has 0 atom stereocenters. The normalized spacial score (nSPS) is 25.3. The highest BCUT2D eigenvalue weighted by atomic mass is 16.5. The molecule has 2 aliphatic rings. The van der Waals surface area contributed by atoms with Gasteiger partial charge in [0.05, 0.1) is 24.4 Å². The average molecular weight is 390 g/mol. The second-order valence-electron chi connectivity index (χ2n) is 8.25. The number of pyridine rings is 1. The summed E-state index contributed by atoms with van der Waals surface area (Å²) in [6.07, 6.45) is 5.60. The van der Waals surface area contributed by atoms with E-state index < -0.39 is 0 Å². The van der Waals surface area contributed by atoms with Crippen LogP contribution < -0.4 is 15.6 Å². The fraction of sp³-hybridized carbons (Fsp3) is 0.364. The van der Waals surface area contributed by atoms with Gasteiger partial charge in [-0.15, -0.1) is 0 Å². The molecule has 0 saturated heterocycles. The Morgan fingerprint density at radius 1 is 1.14 bits per heavy atom. The first-order valence-electron chi connectivity index (χ1n) is 9.85. The van der Waals surface area contributed by atoms with Crippen molar-refractivity contribution in [3.05, 3.63) is 64.3 Å². The van der Waals surface area contributed by atoms with E-state index in [-0.39, 0.29) is 22.9 Å². The van der Waals surface area contributed by atoms with E-state index in [1.165, 1.54) is 0 Å². The molecule has 0 radical (unpaired) electrons. The summed E-state index contributed by atoms with van der Waals surface area (Å²) >= 11 is 0. The lowest BCUT2D eigenvalue weighted by molar-refractivity contribution is -0.0197. The lowest BCUT2D eigenvalue weighted by atomic mass is 9.49. The third-order valence-electron chi connectivity index (χ3n) is 6.37. The van der Waals surface area contributed by atoms with Gasteiger partial charge >= 0.3 is 0 Å². The van der Waals surface area contributed by atoms with Crippen LogP contribution in [0, 0.1) is 5.41 Å². The van der Waals surface area contributed by atoms with Crippen molar-refractivity contribution in [1.29, 1.82) is 0 Å². The molecular weight excluding hydrogens is 368 g/mol. The maximum absolute atomic E-state index is 12.4. The minimum atomic E-state index is -0.142. The Hall–Kier alpha value is -3.22. The summed E-state index contributed by atoms with van der Waals surface area (Å²) in [5, 5.41) is 11.7. The zero-order chi connectivity index (χ0) is 20.0. The number of carbonyl (C=O) groups excluding carboxylic acids is 1. The van der Waals surface area contributed by atoms with Gasteiger partial charge < -0.3 is 10.1 Å². The van der Waals surface area contributed by atoms with Crippen molar-refractivity contribution in [2.75, 3.05) is 7.11 Å². The summed E-state index contributed by atoms with van der Waals surface area (Å²) in [4.78, 5) is 28.5. The van der Waals surface area contributed by atoms with Gasteiger partial charge in [-0.25, -0.2) is 10.1 Å². The molecule has 0 aliphatic heterocycles. The summed E-state index contributed by atoms with van der Waals surface area (Å²) in [5.74, 6) is 0.848. The van der Waals surface area contributed by atoms with Crippen molar-refractivity contribution >= 4 is 16.7 Å². The molecule has 29 heavy (non-hydrogen) atoms. The first kappa shape index (κ1) is 17.8. The number of rotatable bonds is 4. The Kier molecular flexibility index (Phi) is 4.12. The lowest BCUT2D eigenvalue weighted by Gasteiger charge is -2.57. The quantitative estimate of drug-likeness (QED) is 0.714. The first-order chi connectivity index (χ1) is 14.1. The molecule has 2 saturated carbocycles. The fourth-order valence-corrected chi connectivity index (χ4v) is 4.94. The molecule has 0 unspecified atom stereocenters. The minimum absolute atomic E-state index is 0.142. The molecule has 148 valence electrons. The fourth-order valence-electron chi connectivity index (χ4n) is 4.94. The van der Waals surface area contributed by atoms with Gasteiger partial charge in [-0.1, -0.05) is 18.2 Å². The van der Waals surface area contributed by atoms with Crippen LogP contribution in [0.15, 0.2) is 47.4 Å². The van der Waals surface area contributed by atoms with Crippen molar-refractivity contribution < 1.29 is 9.53 Å². The number of hydrogen-bond acceptors (Lipinski definition) is 5.